The minimum absolute atomic E-state index is 0.427. The Labute approximate surface area is 120 Å². The second-order valence-corrected chi connectivity index (χ2v) is 5.30. The number of benzene rings is 2. The quantitative estimate of drug-likeness (QED) is 0.811. The summed E-state index contributed by atoms with van der Waals surface area (Å²) in [7, 11) is 0. The fourth-order valence-corrected chi connectivity index (χ4v) is 2.14. The average molecular weight is 265 g/mol. The maximum atomic E-state index is 8.91. The van der Waals surface area contributed by atoms with Gasteiger partial charge in [-0.1, -0.05) is 38.1 Å². The highest BCUT2D eigenvalue weighted by Gasteiger charge is 2.08. The molecule has 0 fully saturated rings. The first-order valence-electron chi connectivity index (χ1n) is 6.82. The van der Waals surface area contributed by atoms with Gasteiger partial charge in [0.1, 0.15) is 12.4 Å². The third-order valence-corrected chi connectivity index (χ3v) is 3.24. The van der Waals surface area contributed by atoms with Crippen molar-refractivity contribution in [1.29, 1.82) is 5.26 Å². The maximum absolute atomic E-state index is 8.91. The minimum atomic E-state index is 0.427. The first-order valence-corrected chi connectivity index (χ1v) is 6.82. The Bertz CT molecular complexity index is 638. The van der Waals surface area contributed by atoms with E-state index < -0.39 is 0 Å². The lowest BCUT2D eigenvalue weighted by atomic mass is 10.0. The standard InChI is InChI=1S/C18H19NO/c1-13(2)17-8-7-14(3)9-18(17)20-12-16-6-4-5-15(10-16)11-19/h4-10,13H,12H2,1-3H3. The fraction of sp³-hybridized carbons (Fsp3) is 0.278. The van der Waals surface area contributed by atoms with Crippen LogP contribution < -0.4 is 4.74 Å². The second kappa shape index (κ2) is 6.25. The van der Waals surface area contributed by atoms with Crippen molar-refractivity contribution in [2.24, 2.45) is 0 Å². The maximum Gasteiger partial charge on any atom is 0.123 e. The van der Waals surface area contributed by atoms with Crippen LogP contribution in [0, 0.1) is 18.3 Å². The molecular weight excluding hydrogens is 246 g/mol. The number of nitrogens with zero attached hydrogens (tertiary/aromatic N) is 1. The molecule has 0 bridgehead atoms. The van der Waals surface area contributed by atoms with Crippen LogP contribution in [0.1, 0.15) is 42.0 Å². The van der Waals surface area contributed by atoms with E-state index in [1.54, 1.807) is 6.07 Å². The normalized spacial score (nSPS) is 10.3. The Hall–Kier alpha value is -2.27. The summed E-state index contributed by atoms with van der Waals surface area (Å²) < 4.78 is 5.96. The van der Waals surface area contributed by atoms with Crippen molar-refractivity contribution in [3.63, 3.8) is 0 Å². The van der Waals surface area contributed by atoms with Crippen molar-refractivity contribution in [2.45, 2.75) is 33.3 Å². The molecule has 0 aliphatic rings. The number of ether oxygens (including phenoxy) is 1. The molecule has 20 heavy (non-hydrogen) atoms. The van der Waals surface area contributed by atoms with Crippen LogP contribution in [0.15, 0.2) is 42.5 Å². The first kappa shape index (κ1) is 14.1. The zero-order valence-corrected chi connectivity index (χ0v) is 12.2. The summed E-state index contributed by atoms with van der Waals surface area (Å²) >= 11 is 0. The molecule has 0 aliphatic carbocycles. The van der Waals surface area contributed by atoms with E-state index in [1.807, 2.05) is 18.2 Å². The monoisotopic (exact) mass is 265 g/mol. The second-order valence-electron chi connectivity index (χ2n) is 5.30. The van der Waals surface area contributed by atoms with Crippen molar-refractivity contribution in [3.8, 4) is 11.8 Å². The predicted octanol–water partition coefficient (Wildman–Crippen LogP) is 4.57. The third kappa shape index (κ3) is 3.39. The van der Waals surface area contributed by atoms with Crippen LogP contribution in [0.5, 0.6) is 5.75 Å². The van der Waals surface area contributed by atoms with Crippen molar-refractivity contribution >= 4 is 0 Å². The molecule has 2 heteroatoms. The van der Waals surface area contributed by atoms with Gasteiger partial charge in [-0.15, -0.1) is 0 Å². The largest absolute Gasteiger partial charge is 0.489 e. The Morgan fingerprint density at radius 2 is 1.95 bits per heavy atom. The molecular formula is C18H19NO. The first-order chi connectivity index (χ1) is 9.60. The van der Waals surface area contributed by atoms with Crippen LogP contribution >= 0.6 is 0 Å². The molecule has 0 radical (unpaired) electrons. The Kier molecular flexibility index (Phi) is 4.42. The van der Waals surface area contributed by atoms with Gasteiger partial charge in [-0.25, -0.2) is 0 Å². The number of hydrogen-bond donors (Lipinski definition) is 0. The summed E-state index contributed by atoms with van der Waals surface area (Å²) in [4.78, 5) is 0. The van der Waals surface area contributed by atoms with Crippen LogP contribution in [-0.4, -0.2) is 0 Å². The molecule has 0 saturated carbocycles. The number of aryl methyl sites for hydroxylation is 1. The Morgan fingerprint density at radius 1 is 1.15 bits per heavy atom. The molecule has 2 nitrogen and oxygen atoms in total. The van der Waals surface area contributed by atoms with E-state index in [9.17, 15) is 0 Å². The summed E-state index contributed by atoms with van der Waals surface area (Å²) in [5.74, 6) is 1.36. The molecule has 0 heterocycles. The highest BCUT2D eigenvalue weighted by atomic mass is 16.5. The van der Waals surface area contributed by atoms with Gasteiger partial charge >= 0.3 is 0 Å². The van der Waals surface area contributed by atoms with Gasteiger partial charge < -0.3 is 4.74 Å². The molecule has 0 unspecified atom stereocenters. The lowest BCUT2D eigenvalue weighted by Crippen LogP contribution is -2.00. The molecule has 0 N–H and O–H groups in total. The molecule has 2 aromatic rings. The molecule has 0 atom stereocenters. The molecule has 0 saturated heterocycles. The number of nitriles is 1. The smallest absolute Gasteiger partial charge is 0.123 e. The van der Waals surface area contributed by atoms with E-state index in [2.05, 4.69) is 45.0 Å². The van der Waals surface area contributed by atoms with Crippen molar-refractivity contribution < 1.29 is 4.74 Å². The number of hydrogen-bond acceptors (Lipinski definition) is 2. The summed E-state index contributed by atoms with van der Waals surface area (Å²) in [5, 5.41) is 8.91. The molecule has 0 amide bonds. The molecule has 2 aromatic carbocycles. The van der Waals surface area contributed by atoms with Crippen LogP contribution in [0.3, 0.4) is 0 Å². The van der Waals surface area contributed by atoms with E-state index in [1.165, 1.54) is 11.1 Å². The lowest BCUT2D eigenvalue weighted by molar-refractivity contribution is 0.301. The van der Waals surface area contributed by atoms with Crippen LogP contribution in [-0.2, 0) is 6.61 Å². The SMILES string of the molecule is Cc1ccc(C(C)C)c(OCc2cccc(C#N)c2)c1. The predicted molar refractivity (Wildman–Crippen MR) is 80.8 cm³/mol. The summed E-state index contributed by atoms with van der Waals surface area (Å²) in [6.07, 6.45) is 0. The average Bonchev–Trinajstić information content (AvgIpc) is 2.45. The van der Waals surface area contributed by atoms with Crippen LogP contribution in [0.4, 0.5) is 0 Å². The lowest BCUT2D eigenvalue weighted by Gasteiger charge is -2.15. The van der Waals surface area contributed by atoms with Gasteiger partial charge in [0.05, 0.1) is 11.6 Å². The topological polar surface area (TPSA) is 33.0 Å². The summed E-state index contributed by atoms with van der Waals surface area (Å²) in [5.41, 5.74) is 4.09. The van der Waals surface area contributed by atoms with E-state index in [-0.39, 0.29) is 0 Å². The highest BCUT2D eigenvalue weighted by Crippen LogP contribution is 2.28. The van der Waals surface area contributed by atoms with Gasteiger partial charge in [0.25, 0.3) is 0 Å². The van der Waals surface area contributed by atoms with E-state index in [0.29, 0.717) is 18.1 Å². The van der Waals surface area contributed by atoms with Crippen molar-refractivity contribution in [1.82, 2.24) is 0 Å². The van der Waals surface area contributed by atoms with Crippen LogP contribution in [0.25, 0.3) is 0 Å². The minimum Gasteiger partial charge on any atom is -0.489 e. The third-order valence-electron chi connectivity index (χ3n) is 3.24. The van der Waals surface area contributed by atoms with Crippen LogP contribution in [0.2, 0.25) is 0 Å². The molecule has 0 aromatic heterocycles. The van der Waals surface area contributed by atoms with E-state index >= 15 is 0 Å². The molecule has 0 spiro atoms. The molecule has 102 valence electrons. The Balaban J connectivity index is 2.18. The Morgan fingerprint density at radius 3 is 2.65 bits per heavy atom. The fourth-order valence-electron chi connectivity index (χ4n) is 2.14. The van der Waals surface area contributed by atoms with Gasteiger partial charge in [0.15, 0.2) is 0 Å². The summed E-state index contributed by atoms with van der Waals surface area (Å²) in [6.45, 7) is 6.87. The summed E-state index contributed by atoms with van der Waals surface area (Å²) in [6, 6.07) is 16.0. The van der Waals surface area contributed by atoms with Gasteiger partial charge in [0.2, 0.25) is 0 Å². The highest BCUT2D eigenvalue weighted by molar-refractivity contribution is 5.39. The van der Waals surface area contributed by atoms with Gasteiger partial charge in [-0.2, -0.15) is 5.26 Å². The number of rotatable bonds is 4. The zero-order valence-electron chi connectivity index (χ0n) is 12.2. The van der Waals surface area contributed by atoms with Gasteiger partial charge in [-0.05, 0) is 47.7 Å². The molecule has 2 rings (SSSR count). The zero-order chi connectivity index (χ0) is 14.5. The van der Waals surface area contributed by atoms with Crippen molar-refractivity contribution in [2.75, 3.05) is 0 Å². The van der Waals surface area contributed by atoms with Gasteiger partial charge in [-0.3, -0.25) is 0 Å². The van der Waals surface area contributed by atoms with E-state index in [4.69, 9.17) is 10.00 Å². The van der Waals surface area contributed by atoms with Crippen molar-refractivity contribution in [3.05, 3.63) is 64.7 Å². The van der Waals surface area contributed by atoms with Gasteiger partial charge in [0, 0.05) is 0 Å². The van der Waals surface area contributed by atoms with E-state index in [0.717, 1.165) is 11.3 Å². The molecule has 0 aliphatic heterocycles.